The zero-order valence-corrected chi connectivity index (χ0v) is 15.8. The molecule has 3 rings (SSSR count). The van der Waals surface area contributed by atoms with Gasteiger partial charge in [-0.2, -0.15) is 0 Å². The number of aromatic amines is 1. The second-order valence-corrected chi connectivity index (χ2v) is 6.35. The SMILES string of the molecule is CCOCCCNC(=O)c1ccc2c(=O)n(Cc3ccco3)c(=S)[nH]c2c1. The largest absolute Gasteiger partial charge is 0.467 e. The fourth-order valence-electron chi connectivity index (χ4n) is 2.72. The predicted molar refractivity (Wildman–Crippen MR) is 105 cm³/mol. The van der Waals surface area contributed by atoms with E-state index in [1.54, 1.807) is 36.6 Å². The number of ether oxygens (including phenoxy) is 1. The summed E-state index contributed by atoms with van der Waals surface area (Å²) < 4.78 is 12.2. The molecular formula is C19H21N3O4S. The van der Waals surface area contributed by atoms with Crippen LogP contribution in [0.5, 0.6) is 0 Å². The Bertz CT molecular complexity index is 1040. The number of benzene rings is 1. The van der Waals surface area contributed by atoms with Crippen LogP contribution in [0.25, 0.3) is 10.9 Å². The van der Waals surface area contributed by atoms with E-state index in [1.165, 1.54) is 4.57 Å². The van der Waals surface area contributed by atoms with Crippen LogP contribution in [0, 0.1) is 4.77 Å². The number of hydrogen-bond acceptors (Lipinski definition) is 5. The standard InChI is InChI=1S/C19H21N3O4S/c1-2-25-9-4-8-20-17(23)13-6-7-15-16(11-13)21-19(27)22(18(15)24)12-14-5-3-10-26-14/h3,5-7,10-11H,2,4,8-9,12H2,1H3,(H,20,23)(H,21,27). The van der Waals surface area contributed by atoms with Gasteiger partial charge in [-0.3, -0.25) is 14.2 Å². The molecular weight excluding hydrogens is 366 g/mol. The Kier molecular flexibility index (Phi) is 6.20. The van der Waals surface area contributed by atoms with E-state index in [0.29, 0.717) is 42.0 Å². The summed E-state index contributed by atoms with van der Waals surface area (Å²) in [6.45, 7) is 3.98. The average Bonchev–Trinajstić information content (AvgIpc) is 3.17. The zero-order chi connectivity index (χ0) is 19.2. The molecule has 0 spiro atoms. The number of aromatic nitrogens is 2. The molecule has 0 radical (unpaired) electrons. The maximum Gasteiger partial charge on any atom is 0.262 e. The normalized spacial score (nSPS) is 11.0. The summed E-state index contributed by atoms with van der Waals surface area (Å²) in [5.74, 6) is 0.437. The third kappa shape index (κ3) is 4.53. The first kappa shape index (κ1) is 19.1. The summed E-state index contributed by atoms with van der Waals surface area (Å²) in [6.07, 6.45) is 2.29. The Morgan fingerprint density at radius 1 is 1.37 bits per heavy atom. The van der Waals surface area contributed by atoms with Gasteiger partial charge in [0, 0.05) is 25.3 Å². The Morgan fingerprint density at radius 2 is 2.22 bits per heavy atom. The van der Waals surface area contributed by atoms with E-state index < -0.39 is 0 Å². The molecule has 27 heavy (non-hydrogen) atoms. The minimum atomic E-state index is -0.228. The molecule has 1 aromatic carbocycles. The summed E-state index contributed by atoms with van der Waals surface area (Å²) in [5.41, 5.74) is 0.768. The monoisotopic (exact) mass is 387 g/mol. The van der Waals surface area contributed by atoms with Crippen molar-refractivity contribution in [1.29, 1.82) is 0 Å². The number of rotatable bonds is 8. The topological polar surface area (TPSA) is 89.3 Å². The Hall–Kier alpha value is -2.71. The number of nitrogens with zero attached hydrogens (tertiary/aromatic N) is 1. The molecule has 8 heteroatoms. The number of hydrogen-bond donors (Lipinski definition) is 2. The molecule has 2 aromatic heterocycles. The van der Waals surface area contributed by atoms with Gasteiger partial charge >= 0.3 is 0 Å². The van der Waals surface area contributed by atoms with Crippen molar-refractivity contribution in [3.8, 4) is 0 Å². The van der Waals surface area contributed by atoms with Gasteiger partial charge in [-0.1, -0.05) is 0 Å². The van der Waals surface area contributed by atoms with Gasteiger partial charge in [0.1, 0.15) is 5.76 Å². The molecule has 2 heterocycles. The van der Waals surface area contributed by atoms with Gasteiger partial charge in [0.25, 0.3) is 11.5 Å². The zero-order valence-electron chi connectivity index (χ0n) is 15.0. The van der Waals surface area contributed by atoms with Crippen LogP contribution in [0.1, 0.15) is 29.5 Å². The Morgan fingerprint density at radius 3 is 2.96 bits per heavy atom. The lowest BCUT2D eigenvalue weighted by Crippen LogP contribution is -2.26. The number of carbonyl (C=O) groups excluding carboxylic acids is 1. The molecule has 7 nitrogen and oxygen atoms in total. The minimum absolute atomic E-state index is 0.201. The molecule has 0 aliphatic rings. The van der Waals surface area contributed by atoms with Gasteiger partial charge < -0.3 is 19.5 Å². The summed E-state index contributed by atoms with van der Waals surface area (Å²) in [6, 6.07) is 8.45. The second kappa shape index (κ2) is 8.79. The van der Waals surface area contributed by atoms with Crippen molar-refractivity contribution in [1.82, 2.24) is 14.9 Å². The van der Waals surface area contributed by atoms with Crippen molar-refractivity contribution < 1.29 is 13.9 Å². The molecule has 0 aliphatic heterocycles. The molecule has 3 aromatic rings. The second-order valence-electron chi connectivity index (χ2n) is 5.97. The van der Waals surface area contributed by atoms with E-state index in [4.69, 9.17) is 21.4 Å². The highest BCUT2D eigenvalue weighted by Gasteiger charge is 2.11. The molecule has 0 aliphatic carbocycles. The molecule has 0 unspecified atom stereocenters. The number of nitrogens with one attached hydrogen (secondary N) is 2. The fraction of sp³-hybridized carbons (Fsp3) is 0.316. The Labute approximate surface area is 161 Å². The van der Waals surface area contributed by atoms with Crippen molar-refractivity contribution >= 4 is 29.0 Å². The quantitative estimate of drug-likeness (QED) is 0.458. The molecule has 142 valence electrons. The van der Waals surface area contributed by atoms with E-state index in [0.717, 1.165) is 6.42 Å². The summed E-state index contributed by atoms with van der Waals surface area (Å²) >= 11 is 5.31. The van der Waals surface area contributed by atoms with Crippen molar-refractivity contribution in [2.45, 2.75) is 19.9 Å². The lowest BCUT2D eigenvalue weighted by molar-refractivity contribution is 0.0944. The third-order valence-corrected chi connectivity index (χ3v) is 4.42. The van der Waals surface area contributed by atoms with Gasteiger partial charge in [0.05, 0.1) is 23.7 Å². The Balaban J connectivity index is 1.81. The molecule has 1 amide bonds. The van der Waals surface area contributed by atoms with Crippen LogP contribution in [0.3, 0.4) is 0 Å². The first-order chi connectivity index (χ1) is 13.1. The number of amides is 1. The minimum Gasteiger partial charge on any atom is -0.467 e. The predicted octanol–water partition coefficient (Wildman–Crippen LogP) is 2.86. The number of fused-ring (bicyclic) bond motifs is 1. The van der Waals surface area contributed by atoms with Gasteiger partial charge in [0.15, 0.2) is 4.77 Å². The molecule has 2 N–H and O–H groups in total. The summed E-state index contributed by atoms with van der Waals surface area (Å²) in [4.78, 5) is 28.1. The first-order valence-electron chi connectivity index (χ1n) is 8.75. The molecule has 0 bridgehead atoms. The fourth-order valence-corrected chi connectivity index (χ4v) is 2.98. The lowest BCUT2D eigenvalue weighted by atomic mass is 10.1. The molecule has 0 fully saturated rings. The van der Waals surface area contributed by atoms with Crippen LogP contribution in [-0.2, 0) is 11.3 Å². The van der Waals surface area contributed by atoms with E-state index in [-0.39, 0.29) is 22.8 Å². The van der Waals surface area contributed by atoms with Gasteiger partial charge in [-0.05, 0) is 55.9 Å². The first-order valence-corrected chi connectivity index (χ1v) is 9.16. The van der Waals surface area contributed by atoms with Crippen LogP contribution in [0.2, 0.25) is 0 Å². The van der Waals surface area contributed by atoms with Crippen LogP contribution in [0.4, 0.5) is 0 Å². The van der Waals surface area contributed by atoms with Gasteiger partial charge in [-0.15, -0.1) is 0 Å². The number of furan rings is 1. The number of H-pyrrole nitrogens is 1. The van der Waals surface area contributed by atoms with Crippen molar-refractivity contribution in [3.63, 3.8) is 0 Å². The molecule has 0 saturated carbocycles. The van der Waals surface area contributed by atoms with E-state index in [2.05, 4.69) is 10.3 Å². The smallest absolute Gasteiger partial charge is 0.262 e. The van der Waals surface area contributed by atoms with Crippen LogP contribution in [-0.4, -0.2) is 35.2 Å². The molecule has 0 saturated heterocycles. The summed E-state index contributed by atoms with van der Waals surface area (Å²) in [7, 11) is 0. The van der Waals surface area contributed by atoms with Crippen LogP contribution < -0.4 is 10.9 Å². The maximum absolute atomic E-state index is 12.7. The van der Waals surface area contributed by atoms with Gasteiger partial charge in [-0.25, -0.2) is 0 Å². The van der Waals surface area contributed by atoms with E-state index in [1.807, 2.05) is 6.92 Å². The number of carbonyl (C=O) groups is 1. The average molecular weight is 387 g/mol. The third-order valence-electron chi connectivity index (χ3n) is 4.09. The van der Waals surface area contributed by atoms with E-state index >= 15 is 0 Å². The van der Waals surface area contributed by atoms with E-state index in [9.17, 15) is 9.59 Å². The van der Waals surface area contributed by atoms with Crippen LogP contribution >= 0.6 is 12.2 Å². The molecule has 0 atom stereocenters. The maximum atomic E-state index is 12.7. The van der Waals surface area contributed by atoms with Crippen LogP contribution in [0.15, 0.2) is 45.8 Å². The highest BCUT2D eigenvalue weighted by Crippen LogP contribution is 2.12. The van der Waals surface area contributed by atoms with Gasteiger partial charge in [0.2, 0.25) is 0 Å². The lowest BCUT2D eigenvalue weighted by Gasteiger charge is -2.09. The van der Waals surface area contributed by atoms with Crippen molar-refractivity contribution in [2.75, 3.05) is 19.8 Å². The summed E-state index contributed by atoms with van der Waals surface area (Å²) in [5, 5.41) is 3.30. The highest BCUT2D eigenvalue weighted by atomic mass is 32.1. The highest BCUT2D eigenvalue weighted by molar-refractivity contribution is 7.71. The van der Waals surface area contributed by atoms with Crippen molar-refractivity contribution in [3.05, 3.63) is 63.0 Å². The van der Waals surface area contributed by atoms with Crippen molar-refractivity contribution in [2.24, 2.45) is 0 Å².